The third-order valence-electron chi connectivity index (χ3n) is 10.8. The van der Waals surface area contributed by atoms with Gasteiger partial charge in [-0.2, -0.15) is 0 Å². The van der Waals surface area contributed by atoms with Gasteiger partial charge in [0.2, 0.25) is 0 Å². The molecule has 0 fully saturated rings. The molecule has 0 saturated carbocycles. The molecule has 0 unspecified atom stereocenters. The minimum absolute atomic E-state index is 0.909. The van der Waals surface area contributed by atoms with E-state index in [9.17, 15) is 0 Å². The number of furan rings is 1. The van der Waals surface area contributed by atoms with Crippen molar-refractivity contribution in [2.75, 3.05) is 0 Å². The number of fused-ring (bicyclic) bond motifs is 9. The van der Waals surface area contributed by atoms with Gasteiger partial charge in [0, 0.05) is 43.6 Å². The molecule has 3 heteroatoms. The first-order valence-corrected chi connectivity index (χ1v) is 17.8. The molecule has 11 aromatic rings. The number of hydrogen-bond acceptors (Lipinski definition) is 1. The van der Waals surface area contributed by atoms with Gasteiger partial charge in [0.1, 0.15) is 11.2 Å². The van der Waals surface area contributed by atoms with E-state index >= 15 is 0 Å². The lowest BCUT2D eigenvalue weighted by Crippen LogP contribution is -1.98. The molecule has 0 aliphatic carbocycles. The van der Waals surface area contributed by atoms with Gasteiger partial charge in [-0.15, -0.1) is 0 Å². The van der Waals surface area contributed by atoms with E-state index in [0.717, 1.165) is 27.6 Å². The summed E-state index contributed by atoms with van der Waals surface area (Å²) in [6.07, 6.45) is 0. The summed E-state index contributed by atoms with van der Waals surface area (Å²) in [5, 5.41) is 7.27. The first-order chi connectivity index (χ1) is 25.7. The Labute approximate surface area is 300 Å². The van der Waals surface area contributed by atoms with Crippen LogP contribution >= 0.6 is 0 Å². The van der Waals surface area contributed by atoms with E-state index < -0.39 is 0 Å². The summed E-state index contributed by atoms with van der Waals surface area (Å²) in [4.78, 5) is 0. The van der Waals surface area contributed by atoms with Crippen molar-refractivity contribution in [2.24, 2.45) is 0 Å². The maximum absolute atomic E-state index is 6.19. The van der Waals surface area contributed by atoms with E-state index in [1.807, 2.05) is 12.1 Å². The number of hydrogen-bond donors (Lipinski definition) is 0. The lowest BCUT2D eigenvalue weighted by atomic mass is 9.98. The molecule has 0 spiro atoms. The van der Waals surface area contributed by atoms with Crippen molar-refractivity contribution >= 4 is 65.6 Å². The molecule has 0 saturated heterocycles. The van der Waals surface area contributed by atoms with Gasteiger partial charge in [0.15, 0.2) is 0 Å². The molecule has 0 N–H and O–H groups in total. The fraction of sp³-hybridized carbons (Fsp3) is 0.0204. The number of benzene rings is 8. The quantitative estimate of drug-likeness (QED) is 0.184. The van der Waals surface area contributed by atoms with Gasteiger partial charge in [-0.1, -0.05) is 103 Å². The molecule has 11 rings (SSSR count). The summed E-state index contributed by atoms with van der Waals surface area (Å²) < 4.78 is 11.0. The van der Waals surface area contributed by atoms with Crippen LogP contribution in [0.3, 0.4) is 0 Å². The summed E-state index contributed by atoms with van der Waals surface area (Å²) in [6, 6.07) is 63.8. The summed E-state index contributed by atoms with van der Waals surface area (Å²) in [7, 11) is 0. The van der Waals surface area contributed by atoms with Gasteiger partial charge in [-0.25, -0.2) is 0 Å². The van der Waals surface area contributed by atoms with Crippen LogP contribution in [0.25, 0.3) is 99.2 Å². The second kappa shape index (κ2) is 11.1. The zero-order chi connectivity index (χ0) is 34.3. The Kier molecular flexibility index (Phi) is 6.17. The highest BCUT2D eigenvalue weighted by Gasteiger charge is 2.19. The Balaban J connectivity index is 1.10. The van der Waals surface area contributed by atoms with Crippen molar-refractivity contribution in [1.82, 2.24) is 9.13 Å². The van der Waals surface area contributed by atoms with E-state index in [1.54, 1.807) is 0 Å². The van der Waals surface area contributed by atoms with E-state index in [4.69, 9.17) is 4.42 Å². The Morgan fingerprint density at radius 2 is 0.904 bits per heavy atom. The van der Waals surface area contributed by atoms with Crippen LogP contribution in [0.15, 0.2) is 180 Å². The summed E-state index contributed by atoms with van der Waals surface area (Å²) in [5.41, 5.74) is 15.0. The second-order valence-electron chi connectivity index (χ2n) is 13.8. The van der Waals surface area contributed by atoms with Crippen molar-refractivity contribution in [3.63, 3.8) is 0 Å². The Morgan fingerprint density at radius 1 is 0.365 bits per heavy atom. The van der Waals surface area contributed by atoms with Crippen molar-refractivity contribution in [3.8, 4) is 33.6 Å². The van der Waals surface area contributed by atoms with Crippen LogP contribution in [0.2, 0.25) is 0 Å². The monoisotopic (exact) mass is 664 g/mol. The lowest BCUT2D eigenvalue weighted by molar-refractivity contribution is 0.669. The molecule has 52 heavy (non-hydrogen) atoms. The van der Waals surface area contributed by atoms with E-state index in [0.29, 0.717) is 0 Å². The minimum atomic E-state index is 0.909. The first-order valence-electron chi connectivity index (χ1n) is 17.8. The van der Waals surface area contributed by atoms with Gasteiger partial charge < -0.3 is 13.6 Å². The van der Waals surface area contributed by atoms with Gasteiger partial charge in [0.25, 0.3) is 0 Å². The van der Waals surface area contributed by atoms with E-state index in [-0.39, 0.29) is 0 Å². The molecular weight excluding hydrogens is 633 g/mol. The zero-order valence-electron chi connectivity index (χ0n) is 28.5. The lowest BCUT2D eigenvalue weighted by Gasteiger charge is -2.15. The third-order valence-corrected chi connectivity index (χ3v) is 10.8. The summed E-state index contributed by atoms with van der Waals surface area (Å²) >= 11 is 0. The molecule has 0 radical (unpaired) electrons. The maximum Gasteiger partial charge on any atom is 0.135 e. The molecule has 244 valence electrons. The molecule has 0 atom stereocenters. The van der Waals surface area contributed by atoms with Crippen molar-refractivity contribution in [2.45, 2.75) is 6.92 Å². The molecule has 0 amide bonds. The average molecular weight is 665 g/mol. The van der Waals surface area contributed by atoms with Crippen LogP contribution in [0.4, 0.5) is 0 Å². The van der Waals surface area contributed by atoms with Crippen LogP contribution in [0, 0.1) is 6.92 Å². The fourth-order valence-corrected chi connectivity index (χ4v) is 8.39. The Bertz CT molecular complexity index is 3190. The SMILES string of the molecule is Cc1ccc(-n2c3ccccc3c3cc(-c4ccc5c(c4)c4ccccc4n5-c4ccccc4)ccc32)c(-c2ccc3oc4ccccc4c3c2)c1. The van der Waals surface area contributed by atoms with Gasteiger partial charge >= 0.3 is 0 Å². The van der Waals surface area contributed by atoms with Crippen LogP contribution in [0.5, 0.6) is 0 Å². The third kappa shape index (κ3) is 4.26. The van der Waals surface area contributed by atoms with Crippen molar-refractivity contribution in [3.05, 3.63) is 181 Å². The van der Waals surface area contributed by atoms with Gasteiger partial charge in [0.05, 0.1) is 27.8 Å². The topological polar surface area (TPSA) is 23.0 Å². The van der Waals surface area contributed by atoms with Crippen LogP contribution in [0.1, 0.15) is 5.56 Å². The molecule has 3 aromatic heterocycles. The highest BCUT2D eigenvalue weighted by molar-refractivity contribution is 6.13. The highest BCUT2D eigenvalue weighted by Crippen LogP contribution is 2.41. The minimum Gasteiger partial charge on any atom is -0.456 e. The molecule has 3 nitrogen and oxygen atoms in total. The smallest absolute Gasteiger partial charge is 0.135 e. The summed E-state index contributed by atoms with van der Waals surface area (Å²) in [6.45, 7) is 2.17. The predicted octanol–water partition coefficient (Wildman–Crippen LogP) is 13.4. The number of aryl methyl sites for hydroxylation is 1. The number of aromatic nitrogens is 2. The molecular formula is C49H32N2O. The van der Waals surface area contributed by atoms with Crippen LogP contribution in [-0.2, 0) is 0 Å². The van der Waals surface area contributed by atoms with E-state index in [1.165, 1.54) is 77.1 Å². The van der Waals surface area contributed by atoms with Crippen LogP contribution < -0.4 is 0 Å². The molecule has 3 heterocycles. The average Bonchev–Trinajstić information content (AvgIpc) is 3.85. The molecule has 0 bridgehead atoms. The number of rotatable bonds is 4. The van der Waals surface area contributed by atoms with Gasteiger partial charge in [-0.05, 0) is 102 Å². The fourth-order valence-electron chi connectivity index (χ4n) is 8.39. The van der Waals surface area contributed by atoms with Gasteiger partial charge in [-0.3, -0.25) is 0 Å². The Hall–Kier alpha value is -6.84. The predicted molar refractivity (Wildman–Crippen MR) is 218 cm³/mol. The Morgan fingerprint density at radius 3 is 1.63 bits per heavy atom. The number of nitrogens with zero attached hydrogens (tertiary/aromatic N) is 2. The highest BCUT2D eigenvalue weighted by atomic mass is 16.3. The van der Waals surface area contributed by atoms with Crippen molar-refractivity contribution < 1.29 is 4.42 Å². The molecule has 0 aliphatic heterocycles. The number of para-hydroxylation sites is 4. The first kappa shape index (κ1) is 28.9. The standard InChI is InChI=1S/C49H32N2O/c1-31-19-23-45(39(27-31)34-22-26-49-42(30-34)38-15-7-10-18-48(38)52-49)51-44-17-9-6-14-37(44)41-29-33(21-25-47(41)51)32-20-24-46-40(28-32)36-13-5-8-16-43(36)50(46)35-11-3-2-4-12-35/h2-30H,1H3. The largest absolute Gasteiger partial charge is 0.456 e. The normalized spacial score (nSPS) is 11.9. The van der Waals surface area contributed by atoms with Crippen molar-refractivity contribution in [1.29, 1.82) is 0 Å². The zero-order valence-corrected chi connectivity index (χ0v) is 28.5. The summed E-state index contributed by atoms with van der Waals surface area (Å²) in [5.74, 6) is 0. The molecule has 8 aromatic carbocycles. The maximum atomic E-state index is 6.19. The van der Waals surface area contributed by atoms with E-state index in [2.05, 4.69) is 180 Å². The second-order valence-corrected chi connectivity index (χ2v) is 13.8. The van der Waals surface area contributed by atoms with Crippen LogP contribution in [-0.4, -0.2) is 9.13 Å². The molecule has 0 aliphatic rings.